The highest BCUT2D eigenvalue weighted by Gasteiger charge is 2.12. The molecule has 0 aliphatic heterocycles. The smallest absolute Gasteiger partial charge is 0.258 e. The average molecular weight is 364 g/mol. The van der Waals surface area contributed by atoms with E-state index in [1.54, 1.807) is 31.4 Å². The first-order valence-corrected chi connectivity index (χ1v) is 7.70. The standard InChI is InChI=1S/C17H18BrNO3/c1-12(15-5-3-4-6-16(15)18)19-17(20)11-22-14-9-7-13(21-2)8-10-14/h3-10,12H,11H2,1-2H3,(H,19,20)/t12-/m0/s1. The lowest BCUT2D eigenvalue weighted by Crippen LogP contribution is -2.31. The highest BCUT2D eigenvalue weighted by molar-refractivity contribution is 9.10. The van der Waals surface area contributed by atoms with Crippen LogP contribution in [0.25, 0.3) is 0 Å². The minimum absolute atomic E-state index is 0.0267. The summed E-state index contributed by atoms with van der Waals surface area (Å²) in [5.41, 5.74) is 1.03. The summed E-state index contributed by atoms with van der Waals surface area (Å²) in [6.07, 6.45) is 0. The highest BCUT2D eigenvalue weighted by atomic mass is 79.9. The first-order chi connectivity index (χ1) is 10.6. The average Bonchev–Trinajstić information content (AvgIpc) is 2.53. The number of hydrogen-bond acceptors (Lipinski definition) is 3. The number of carbonyl (C=O) groups is 1. The lowest BCUT2D eigenvalue weighted by Gasteiger charge is -2.16. The van der Waals surface area contributed by atoms with Crippen molar-refractivity contribution in [3.63, 3.8) is 0 Å². The largest absolute Gasteiger partial charge is 0.497 e. The van der Waals surface area contributed by atoms with E-state index in [0.717, 1.165) is 15.8 Å². The van der Waals surface area contributed by atoms with Crippen LogP contribution in [0, 0.1) is 0 Å². The van der Waals surface area contributed by atoms with Gasteiger partial charge in [-0.15, -0.1) is 0 Å². The van der Waals surface area contributed by atoms with E-state index >= 15 is 0 Å². The molecule has 1 N–H and O–H groups in total. The number of amides is 1. The number of hydrogen-bond donors (Lipinski definition) is 1. The van der Waals surface area contributed by atoms with Crippen molar-refractivity contribution >= 4 is 21.8 Å². The molecule has 0 unspecified atom stereocenters. The van der Waals surface area contributed by atoms with Gasteiger partial charge in [-0.05, 0) is 42.8 Å². The molecule has 0 radical (unpaired) electrons. The van der Waals surface area contributed by atoms with Gasteiger partial charge in [0.05, 0.1) is 13.2 Å². The maximum Gasteiger partial charge on any atom is 0.258 e. The Balaban J connectivity index is 1.86. The molecule has 5 heteroatoms. The molecule has 0 fully saturated rings. The molecule has 0 aliphatic rings. The molecule has 0 spiro atoms. The molecule has 4 nitrogen and oxygen atoms in total. The van der Waals surface area contributed by atoms with Crippen molar-refractivity contribution in [2.24, 2.45) is 0 Å². The molecule has 1 amide bonds. The summed E-state index contributed by atoms with van der Waals surface area (Å²) < 4.78 is 11.5. The van der Waals surface area contributed by atoms with Gasteiger partial charge < -0.3 is 14.8 Å². The predicted molar refractivity (Wildman–Crippen MR) is 89.2 cm³/mol. The van der Waals surface area contributed by atoms with Gasteiger partial charge in [0.15, 0.2) is 6.61 Å². The molecule has 116 valence electrons. The van der Waals surface area contributed by atoms with Gasteiger partial charge in [0.25, 0.3) is 5.91 Å². The number of benzene rings is 2. The molecule has 2 aromatic carbocycles. The third-order valence-electron chi connectivity index (χ3n) is 3.18. The lowest BCUT2D eigenvalue weighted by atomic mass is 10.1. The Labute approximate surface area is 138 Å². The first kappa shape index (κ1) is 16.4. The van der Waals surface area contributed by atoms with Gasteiger partial charge >= 0.3 is 0 Å². The van der Waals surface area contributed by atoms with Crippen molar-refractivity contribution in [3.05, 3.63) is 58.6 Å². The van der Waals surface area contributed by atoms with Crippen LogP contribution in [0.3, 0.4) is 0 Å². The van der Waals surface area contributed by atoms with Crippen LogP contribution in [0.15, 0.2) is 53.0 Å². The Hall–Kier alpha value is -2.01. The molecule has 0 bridgehead atoms. The number of nitrogens with one attached hydrogen (secondary N) is 1. The van der Waals surface area contributed by atoms with E-state index in [0.29, 0.717) is 5.75 Å². The van der Waals surface area contributed by atoms with Gasteiger partial charge in [-0.1, -0.05) is 34.1 Å². The molecular formula is C17H18BrNO3. The highest BCUT2D eigenvalue weighted by Crippen LogP contribution is 2.22. The molecule has 0 aromatic heterocycles. The van der Waals surface area contributed by atoms with Crippen LogP contribution in [0.5, 0.6) is 11.5 Å². The summed E-state index contributed by atoms with van der Waals surface area (Å²) in [5, 5.41) is 2.91. The zero-order chi connectivity index (χ0) is 15.9. The number of rotatable bonds is 6. The van der Waals surface area contributed by atoms with Crippen LogP contribution in [0.4, 0.5) is 0 Å². The fourth-order valence-corrected chi connectivity index (χ4v) is 2.64. The summed E-state index contributed by atoms with van der Waals surface area (Å²) in [6, 6.07) is 14.8. The van der Waals surface area contributed by atoms with Gasteiger partial charge in [-0.2, -0.15) is 0 Å². The molecule has 0 aliphatic carbocycles. The van der Waals surface area contributed by atoms with Crippen LogP contribution in [0.2, 0.25) is 0 Å². The van der Waals surface area contributed by atoms with Crippen molar-refractivity contribution in [1.82, 2.24) is 5.32 Å². The van der Waals surface area contributed by atoms with Gasteiger partial charge in [-0.3, -0.25) is 4.79 Å². The molecule has 1 atom stereocenters. The number of carbonyl (C=O) groups excluding carboxylic acids is 1. The van der Waals surface area contributed by atoms with E-state index < -0.39 is 0 Å². The van der Waals surface area contributed by atoms with Crippen LogP contribution < -0.4 is 14.8 Å². The first-order valence-electron chi connectivity index (χ1n) is 6.91. The summed E-state index contributed by atoms with van der Waals surface area (Å²) >= 11 is 3.48. The minimum Gasteiger partial charge on any atom is -0.497 e. The maximum atomic E-state index is 12.0. The molecular weight excluding hydrogens is 346 g/mol. The zero-order valence-corrected chi connectivity index (χ0v) is 14.1. The molecule has 0 saturated carbocycles. The van der Waals surface area contributed by atoms with E-state index in [1.165, 1.54) is 0 Å². The maximum absolute atomic E-state index is 12.0. The monoisotopic (exact) mass is 363 g/mol. The normalized spacial score (nSPS) is 11.6. The van der Waals surface area contributed by atoms with Gasteiger partial charge in [-0.25, -0.2) is 0 Å². The van der Waals surface area contributed by atoms with Crippen molar-refractivity contribution in [2.45, 2.75) is 13.0 Å². The lowest BCUT2D eigenvalue weighted by molar-refractivity contribution is -0.123. The van der Waals surface area contributed by atoms with Crippen molar-refractivity contribution in [3.8, 4) is 11.5 Å². The molecule has 0 heterocycles. The topological polar surface area (TPSA) is 47.6 Å². The second kappa shape index (κ2) is 7.84. The van der Waals surface area contributed by atoms with Gasteiger partial charge in [0, 0.05) is 4.47 Å². The Morgan fingerprint density at radius 2 is 1.77 bits per heavy atom. The number of halogens is 1. The van der Waals surface area contributed by atoms with Crippen LogP contribution >= 0.6 is 15.9 Å². The third-order valence-corrected chi connectivity index (χ3v) is 3.90. The fraction of sp³-hybridized carbons (Fsp3) is 0.235. The fourth-order valence-electron chi connectivity index (χ4n) is 2.01. The van der Waals surface area contributed by atoms with Gasteiger partial charge in [0.1, 0.15) is 11.5 Å². The molecule has 0 saturated heterocycles. The minimum atomic E-state index is -0.168. The summed E-state index contributed by atoms with van der Waals surface area (Å²) in [7, 11) is 1.60. The van der Waals surface area contributed by atoms with Crippen molar-refractivity contribution < 1.29 is 14.3 Å². The second-order valence-corrected chi connectivity index (χ2v) is 5.63. The predicted octanol–water partition coefficient (Wildman–Crippen LogP) is 3.71. The van der Waals surface area contributed by atoms with E-state index in [9.17, 15) is 4.79 Å². The third kappa shape index (κ3) is 4.49. The second-order valence-electron chi connectivity index (χ2n) is 4.77. The Kier molecular flexibility index (Phi) is 5.83. The van der Waals surface area contributed by atoms with E-state index in [2.05, 4.69) is 21.2 Å². The van der Waals surface area contributed by atoms with Crippen molar-refractivity contribution in [2.75, 3.05) is 13.7 Å². The molecule has 2 aromatic rings. The summed E-state index contributed by atoms with van der Waals surface area (Å²) in [5.74, 6) is 1.21. The van der Waals surface area contributed by atoms with Crippen LogP contribution in [0.1, 0.15) is 18.5 Å². The molecule has 2 rings (SSSR count). The quantitative estimate of drug-likeness (QED) is 0.850. The Morgan fingerprint density at radius 3 is 2.41 bits per heavy atom. The van der Waals surface area contributed by atoms with Crippen LogP contribution in [-0.4, -0.2) is 19.6 Å². The number of ether oxygens (including phenoxy) is 2. The SMILES string of the molecule is COc1ccc(OCC(=O)N[C@@H](C)c2ccccc2Br)cc1. The summed E-state index contributed by atoms with van der Waals surface area (Å²) in [6.45, 7) is 1.91. The van der Waals surface area contributed by atoms with Crippen molar-refractivity contribution in [1.29, 1.82) is 0 Å². The Bertz CT molecular complexity index is 628. The molecule has 22 heavy (non-hydrogen) atoms. The van der Waals surface area contributed by atoms with Crippen LogP contribution in [-0.2, 0) is 4.79 Å². The van der Waals surface area contributed by atoms with E-state index in [4.69, 9.17) is 9.47 Å². The number of methoxy groups -OCH3 is 1. The zero-order valence-electron chi connectivity index (χ0n) is 12.5. The summed E-state index contributed by atoms with van der Waals surface area (Å²) in [4.78, 5) is 12.0. The van der Waals surface area contributed by atoms with E-state index in [-0.39, 0.29) is 18.6 Å². The Morgan fingerprint density at radius 1 is 1.14 bits per heavy atom. The van der Waals surface area contributed by atoms with Gasteiger partial charge in [0.2, 0.25) is 0 Å². The van der Waals surface area contributed by atoms with E-state index in [1.807, 2.05) is 31.2 Å².